The van der Waals surface area contributed by atoms with Crippen molar-refractivity contribution in [2.75, 3.05) is 13.2 Å². The number of hydrogen-bond acceptors (Lipinski definition) is 6. The maximum Gasteiger partial charge on any atom is 0.306 e. The highest BCUT2D eigenvalue weighted by molar-refractivity contribution is 5.71. The summed E-state index contributed by atoms with van der Waals surface area (Å²) in [6, 6.07) is 0. The Hall–Kier alpha value is -2.63. The van der Waals surface area contributed by atoms with Gasteiger partial charge in [0.05, 0.1) is 0 Å². The molecule has 0 N–H and O–H groups in total. The van der Waals surface area contributed by atoms with Crippen molar-refractivity contribution >= 4 is 17.9 Å². The summed E-state index contributed by atoms with van der Waals surface area (Å²) in [4.78, 5) is 37.7. The Morgan fingerprint density at radius 2 is 0.667 bits per heavy atom. The highest BCUT2D eigenvalue weighted by Gasteiger charge is 2.19. The van der Waals surface area contributed by atoms with E-state index in [1.54, 1.807) is 0 Å². The number of unbranched alkanes of at least 4 members (excludes halogenated alkanes) is 24. The van der Waals surface area contributed by atoms with E-state index in [1.807, 2.05) is 12.2 Å². The Labute approximate surface area is 352 Å². The van der Waals surface area contributed by atoms with Gasteiger partial charge in [-0.2, -0.15) is 0 Å². The summed E-state index contributed by atoms with van der Waals surface area (Å²) in [5, 5.41) is 0. The van der Waals surface area contributed by atoms with E-state index in [0.717, 1.165) is 44.9 Å². The molecule has 0 bridgehead atoms. The summed E-state index contributed by atoms with van der Waals surface area (Å²) < 4.78 is 16.6. The van der Waals surface area contributed by atoms with Crippen LogP contribution >= 0.6 is 0 Å². The van der Waals surface area contributed by atoms with Gasteiger partial charge in [0.1, 0.15) is 13.2 Å². The predicted molar refractivity (Wildman–Crippen MR) is 242 cm³/mol. The molecular formula is C51H90O6. The van der Waals surface area contributed by atoms with E-state index < -0.39 is 6.10 Å². The maximum absolute atomic E-state index is 12.7. The Bertz CT molecular complexity index is 1010. The zero-order chi connectivity index (χ0) is 41.5. The first-order valence-electron chi connectivity index (χ1n) is 24.1. The summed E-state index contributed by atoms with van der Waals surface area (Å²) in [5.41, 5.74) is 0. The van der Waals surface area contributed by atoms with Crippen LogP contribution in [-0.2, 0) is 28.6 Å². The molecule has 0 aromatic carbocycles. The van der Waals surface area contributed by atoms with Crippen molar-refractivity contribution in [1.29, 1.82) is 0 Å². The second kappa shape index (κ2) is 46.1. The van der Waals surface area contributed by atoms with Crippen LogP contribution in [0.2, 0.25) is 0 Å². The predicted octanol–water partition coefficient (Wildman–Crippen LogP) is 15.5. The molecule has 0 heterocycles. The molecule has 0 saturated heterocycles. The molecule has 6 nitrogen and oxygen atoms in total. The number of hydrogen-bond donors (Lipinski definition) is 0. The molecule has 6 heteroatoms. The van der Waals surface area contributed by atoms with E-state index in [4.69, 9.17) is 14.2 Å². The molecule has 330 valence electrons. The summed E-state index contributed by atoms with van der Waals surface area (Å²) in [5.74, 6) is -1.05. The molecule has 1 atom stereocenters. The fraction of sp³-hybridized carbons (Fsp3) is 0.784. The number of carbonyl (C=O) groups is 3. The Morgan fingerprint density at radius 1 is 0.351 bits per heavy atom. The molecule has 1 unspecified atom stereocenters. The van der Waals surface area contributed by atoms with Gasteiger partial charge in [0.2, 0.25) is 0 Å². The lowest BCUT2D eigenvalue weighted by Crippen LogP contribution is -2.30. The summed E-state index contributed by atoms with van der Waals surface area (Å²) >= 11 is 0. The fourth-order valence-electron chi connectivity index (χ4n) is 6.67. The molecule has 0 radical (unpaired) electrons. The summed E-state index contributed by atoms with van der Waals surface area (Å²) in [6.07, 6.45) is 54.1. The summed E-state index contributed by atoms with van der Waals surface area (Å²) in [7, 11) is 0. The monoisotopic (exact) mass is 799 g/mol. The molecule has 0 spiro atoms. The van der Waals surface area contributed by atoms with Crippen molar-refractivity contribution in [1.82, 2.24) is 0 Å². The standard InChI is InChI=1S/C51H90O6/c1-4-7-10-13-16-19-21-23-25-27-29-32-35-38-41-44-50(53)56-47-48(46-55-49(52)43-40-37-34-31-18-15-12-9-6-3)57-51(54)45-42-39-36-33-30-28-26-24-22-20-17-14-11-8-5-2/h27-30,35-36,38-39,48H,4-26,31-34,37,40-47H2,1-3H3. The Kier molecular flexibility index (Phi) is 43.9. The molecule has 0 aromatic rings. The third kappa shape index (κ3) is 44.3. The average Bonchev–Trinajstić information content (AvgIpc) is 3.21. The maximum atomic E-state index is 12.7. The van der Waals surface area contributed by atoms with E-state index in [9.17, 15) is 14.4 Å². The molecule has 0 rings (SSSR count). The SMILES string of the molecule is CCCCCCCCCCC=CCC=CCCC(=O)OCC(COC(=O)CCCCCCCCCCC)OC(=O)CCC=CCC=CCCCCCCCCCC. The van der Waals surface area contributed by atoms with Gasteiger partial charge in [-0.05, 0) is 57.8 Å². The highest BCUT2D eigenvalue weighted by Crippen LogP contribution is 2.13. The van der Waals surface area contributed by atoms with Gasteiger partial charge >= 0.3 is 17.9 Å². The molecule has 0 aliphatic rings. The average molecular weight is 799 g/mol. The molecule has 57 heavy (non-hydrogen) atoms. The van der Waals surface area contributed by atoms with Crippen molar-refractivity contribution in [3.8, 4) is 0 Å². The van der Waals surface area contributed by atoms with Gasteiger partial charge in [-0.25, -0.2) is 0 Å². The number of esters is 3. The van der Waals surface area contributed by atoms with Crippen LogP contribution < -0.4 is 0 Å². The molecular weight excluding hydrogens is 709 g/mol. The van der Waals surface area contributed by atoms with Gasteiger partial charge in [0.15, 0.2) is 6.10 Å². The smallest absolute Gasteiger partial charge is 0.306 e. The van der Waals surface area contributed by atoms with Crippen LogP contribution in [0.3, 0.4) is 0 Å². The topological polar surface area (TPSA) is 78.9 Å². The zero-order valence-electron chi connectivity index (χ0n) is 37.6. The Morgan fingerprint density at radius 3 is 1.07 bits per heavy atom. The lowest BCUT2D eigenvalue weighted by molar-refractivity contribution is -0.166. The first-order valence-corrected chi connectivity index (χ1v) is 24.1. The fourth-order valence-corrected chi connectivity index (χ4v) is 6.67. The van der Waals surface area contributed by atoms with Crippen LogP contribution in [0.15, 0.2) is 48.6 Å². The van der Waals surface area contributed by atoms with Crippen molar-refractivity contribution in [3.05, 3.63) is 48.6 Å². The van der Waals surface area contributed by atoms with Crippen LogP contribution in [0.25, 0.3) is 0 Å². The largest absolute Gasteiger partial charge is 0.462 e. The number of rotatable bonds is 43. The molecule has 0 aromatic heterocycles. The first-order chi connectivity index (χ1) is 28.0. The van der Waals surface area contributed by atoms with Gasteiger partial charge in [0, 0.05) is 19.3 Å². The number of carbonyl (C=O) groups excluding carboxylic acids is 3. The summed E-state index contributed by atoms with van der Waals surface area (Å²) in [6.45, 7) is 6.51. The third-order valence-electron chi connectivity index (χ3n) is 10.3. The number of allylic oxidation sites excluding steroid dienone is 8. The molecule has 0 saturated carbocycles. The van der Waals surface area contributed by atoms with Gasteiger partial charge in [-0.15, -0.1) is 0 Å². The Balaban J connectivity index is 4.48. The van der Waals surface area contributed by atoms with Crippen LogP contribution in [0, 0.1) is 0 Å². The minimum absolute atomic E-state index is 0.111. The van der Waals surface area contributed by atoms with Crippen LogP contribution in [0.1, 0.15) is 239 Å². The highest BCUT2D eigenvalue weighted by atomic mass is 16.6. The van der Waals surface area contributed by atoms with Crippen LogP contribution in [0.4, 0.5) is 0 Å². The van der Waals surface area contributed by atoms with E-state index in [-0.39, 0.29) is 44.0 Å². The molecule has 0 fully saturated rings. The van der Waals surface area contributed by atoms with E-state index in [0.29, 0.717) is 19.3 Å². The van der Waals surface area contributed by atoms with Gasteiger partial charge in [-0.1, -0.05) is 211 Å². The second-order valence-electron chi connectivity index (χ2n) is 16.0. The van der Waals surface area contributed by atoms with E-state index in [1.165, 1.54) is 141 Å². The molecule has 0 aliphatic carbocycles. The van der Waals surface area contributed by atoms with Crippen LogP contribution in [0.5, 0.6) is 0 Å². The third-order valence-corrected chi connectivity index (χ3v) is 10.3. The van der Waals surface area contributed by atoms with Crippen molar-refractivity contribution < 1.29 is 28.6 Å². The first kappa shape index (κ1) is 54.4. The van der Waals surface area contributed by atoms with Gasteiger partial charge in [-0.3, -0.25) is 14.4 Å². The minimum Gasteiger partial charge on any atom is -0.462 e. The van der Waals surface area contributed by atoms with Crippen molar-refractivity contribution in [2.24, 2.45) is 0 Å². The van der Waals surface area contributed by atoms with Gasteiger partial charge < -0.3 is 14.2 Å². The second-order valence-corrected chi connectivity index (χ2v) is 16.0. The van der Waals surface area contributed by atoms with Crippen molar-refractivity contribution in [2.45, 2.75) is 245 Å². The molecule has 0 aliphatic heterocycles. The van der Waals surface area contributed by atoms with E-state index >= 15 is 0 Å². The van der Waals surface area contributed by atoms with E-state index in [2.05, 4.69) is 57.2 Å². The zero-order valence-corrected chi connectivity index (χ0v) is 37.6. The lowest BCUT2D eigenvalue weighted by Gasteiger charge is -2.18. The quantitative estimate of drug-likeness (QED) is 0.0265. The normalized spacial score (nSPS) is 12.4. The lowest BCUT2D eigenvalue weighted by atomic mass is 10.1. The number of ether oxygens (including phenoxy) is 3. The van der Waals surface area contributed by atoms with Gasteiger partial charge in [0.25, 0.3) is 0 Å². The van der Waals surface area contributed by atoms with Crippen molar-refractivity contribution in [3.63, 3.8) is 0 Å². The molecule has 0 amide bonds. The van der Waals surface area contributed by atoms with Crippen LogP contribution in [-0.4, -0.2) is 37.2 Å². The minimum atomic E-state index is -0.821.